The number of likely N-dealkylation sites (tertiary alicyclic amines) is 1. The maximum absolute atomic E-state index is 5.24. The molecule has 1 saturated heterocycles. The van der Waals surface area contributed by atoms with Crippen LogP contribution in [0.15, 0.2) is 67.3 Å². The molecule has 2 nitrogen and oxygen atoms in total. The van der Waals surface area contributed by atoms with Crippen molar-refractivity contribution in [3.05, 3.63) is 78.4 Å². The van der Waals surface area contributed by atoms with Gasteiger partial charge in [0.1, 0.15) is 5.75 Å². The first-order chi connectivity index (χ1) is 10.3. The summed E-state index contributed by atoms with van der Waals surface area (Å²) in [6.45, 7) is 6.05. The molecule has 21 heavy (non-hydrogen) atoms. The normalized spacial score (nSPS) is 21.6. The maximum atomic E-state index is 5.24. The lowest BCUT2D eigenvalue weighted by molar-refractivity contribution is 0.0328. The van der Waals surface area contributed by atoms with Crippen LogP contribution >= 0.6 is 0 Å². The quantitative estimate of drug-likeness (QED) is 0.765. The van der Waals surface area contributed by atoms with Gasteiger partial charge in [-0.3, -0.25) is 4.90 Å². The summed E-state index contributed by atoms with van der Waals surface area (Å²) < 4.78 is 5.24. The molecule has 1 aliphatic rings. The number of methoxy groups -OCH3 is 1. The molecule has 0 radical (unpaired) electrons. The average Bonchev–Trinajstić information content (AvgIpc) is 2.53. The first-order valence-electron chi connectivity index (χ1n) is 7.36. The Labute approximate surface area is 126 Å². The predicted molar refractivity (Wildman–Crippen MR) is 86.3 cm³/mol. The van der Waals surface area contributed by atoms with Gasteiger partial charge in [0.25, 0.3) is 0 Å². The van der Waals surface area contributed by atoms with E-state index in [0.29, 0.717) is 12.0 Å². The lowest BCUT2D eigenvalue weighted by Gasteiger charge is -2.47. The predicted octanol–water partition coefficient (Wildman–Crippen LogP) is 4.05. The van der Waals surface area contributed by atoms with Gasteiger partial charge in [-0.25, -0.2) is 0 Å². The van der Waals surface area contributed by atoms with E-state index in [1.807, 2.05) is 12.1 Å². The molecule has 2 heteroatoms. The summed E-state index contributed by atoms with van der Waals surface area (Å²) in [6, 6.07) is 19.5. The van der Waals surface area contributed by atoms with Gasteiger partial charge in [0.05, 0.1) is 7.11 Å². The Balaban J connectivity index is 1.77. The number of rotatable bonds is 5. The largest absolute Gasteiger partial charge is 0.497 e. The highest BCUT2D eigenvalue weighted by molar-refractivity contribution is 5.32. The molecule has 2 aromatic carbocycles. The van der Waals surface area contributed by atoms with Crippen LogP contribution in [-0.4, -0.2) is 18.6 Å². The molecule has 3 rings (SSSR count). The van der Waals surface area contributed by atoms with E-state index in [-0.39, 0.29) is 0 Å². The van der Waals surface area contributed by atoms with E-state index < -0.39 is 0 Å². The number of hydrogen-bond acceptors (Lipinski definition) is 2. The Hall–Kier alpha value is -2.06. The number of ether oxygens (including phenoxy) is 1. The van der Waals surface area contributed by atoms with Crippen LogP contribution in [0.5, 0.6) is 5.75 Å². The highest BCUT2D eigenvalue weighted by Gasteiger charge is 2.37. The zero-order valence-corrected chi connectivity index (χ0v) is 12.4. The second-order valence-electron chi connectivity index (χ2n) is 5.53. The summed E-state index contributed by atoms with van der Waals surface area (Å²) in [5.41, 5.74) is 2.70. The number of benzene rings is 2. The highest BCUT2D eigenvalue weighted by atomic mass is 16.5. The van der Waals surface area contributed by atoms with Crippen molar-refractivity contribution in [1.82, 2.24) is 4.90 Å². The fourth-order valence-electron chi connectivity index (χ4n) is 3.06. The van der Waals surface area contributed by atoms with E-state index in [1.54, 1.807) is 7.11 Å². The summed E-state index contributed by atoms with van der Waals surface area (Å²) in [7, 11) is 1.70. The van der Waals surface area contributed by atoms with Crippen molar-refractivity contribution in [2.75, 3.05) is 13.7 Å². The summed E-state index contributed by atoms with van der Waals surface area (Å²) in [5.74, 6) is 1.44. The molecule has 0 N–H and O–H groups in total. The summed E-state index contributed by atoms with van der Waals surface area (Å²) in [6.07, 6.45) is 2.08. The lowest BCUT2D eigenvalue weighted by atomic mass is 9.83. The Morgan fingerprint density at radius 2 is 1.86 bits per heavy atom. The van der Waals surface area contributed by atoms with Crippen molar-refractivity contribution in [3.8, 4) is 5.75 Å². The van der Waals surface area contributed by atoms with Crippen LogP contribution in [0.3, 0.4) is 0 Å². The molecule has 0 aliphatic carbocycles. The van der Waals surface area contributed by atoms with Crippen LogP contribution in [0, 0.1) is 5.92 Å². The Morgan fingerprint density at radius 1 is 1.14 bits per heavy atom. The highest BCUT2D eigenvalue weighted by Crippen LogP contribution is 2.40. The zero-order chi connectivity index (χ0) is 14.7. The van der Waals surface area contributed by atoms with Gasteiger partial charge in [-0.15, -0.1) is 6.58 Å². The van der Waals surface area contributed by atoms with Gasteiger partial charge < -0.3 is 4.74 Å². The van der Waals surface area contributed by atoms with Gasteiger partial charge in [-0.05, 0) is 23.3 Å². The minimum Gasteiger partial charge on any atom is -0.497 e. The maximum Gasteiger partial charge on any atom is 0.118 e. The molecule has 108 valence electrons. The van der Waals surface area contributed by atoms with Crippen molar-refractivity contribution in [2.24, 2.45) is 5.92 Å². The molecule has 0 amide bonds. The molecular formula is C19H21NO. The van der Waals surface area contributed by atoms with Crippen molar-refractivity contribution >= 4 is 0 Å². The standard InChI is InChI=1S/C19H21NO/c1-3-16-14-20(13-15-7-5-4-6-8-15)19(16)17-9-11-18(21-2)12-10-17/h3-12,16,19H,1,13-14H2,2H3/t16-,19-/m0/s1. The van der Waals surface area contributed by atoms with E-state index in [1.165, 1.54) is 11.1 Å². The molecule has 0 spiro atoms. The Morgan fingerprint density at radius 3 is 2.48 bits per heavy atom. The second-order valence-corrected chi connectivity index (χ2v) is 5.53. The van der Waals surface area contributed by atoms with E-state index >= 15 is 0 Å². The van der Waals surface area contributed by atoms with Gasteiger partial charge in [0, 0.05) is 25.0 Å². The van der Waals surface area contributed by atoms with E-state index in [2.05, 4.69) is 60.0 Å². The van der Waals surface area contributed by atoms with Gasteiger partial charge in [0.2, 0.25) is 0 Å². The molecule has 1 fully saturated rings. The lowest BCUT2D eigenvalue weighted by Crippen LogP contribution is -2.48. The third kappa shape index (κ3) is 2.86. The van der Waals surface area contributed by atoms with Crippen molar-refractivity contribution < 1.29 is 4.74 Å². The Kier molecular flexibility index (Phi) is 4.07. The molecule has 0 aromatic heterocycles. The molecule has 2 aromatic rings. The first kappa shape index (κ1) is 13.9. The smallest absolute Gasteiger partial charge is 0.118 e. The third-order valence-electron chi connectivity index (χ3n) is 4.23. The van der Waals surface area contributed by atoms with Crippen LogP contribution in [0.25, 0.3) is 0 Å². The van der Waals surface area contributed by atoms with Crippen molar-refractivity contribution in [2.45, 2.75) is 12.6 Å². The van der Waals surface area contributed by atoms with Gasteiger partial charge in [-0.2, -0.15) is 0 Å². The zero-order valence-electron chi connectivity index (χ0n) is 12.4. The fraction of sp³-hybridized carbons (Fsp3) is 0.263. The van der Waals surface area contributed by atoms with Crippen molar-refractivity contribution in [1.29, 1.82) is 0 Å². The minimum absolute atomic E-state index is 0.425. The minimum atomic E-state index is 0.425. The van der Waals surface area contributed by atoms with E-state index in [4.69, 9.17) is 4.74 Å². The van der Waals surface area contributed by atoms with Gasteiger partial charge >= 0.3 is 0 Å². The van der Waals surface area contributed by atoms with Crippen LogP contribution in [-0.2, 0) is 6.54 Å². The fourth-order valence-corrected chi connectivity index (χ4v) is 3.06. The van der Waals surface area contributed by atoms with Crippen molar-refractivity contribution in [3.63, 3.8) is 0 Å². The van der Waals surface area contributed by atoms with Gasteiger partial charge in [0.15, 0.2) is 0 Å². The van der Waals surface area contributed by atoms with Crippen LogP contribution in [0.4, 0.5) is 0 Å². The average molecular weight is 279 g/mol. The van der Waals surface area contributed by atoms with Gasteiger partial charge in [-0.1, -0.05) is 48.5 Å². The molecule has 1 aliphatic heterocycles. The molecule has 0 bridgehead atoms. The molecular weight excluding hydrogens is 258 g/mol. The van der Waals surface area contributed by atoms with E-state index in [9.17, 15) is 0 Å². The first-order valence-corrected chi connectivity index (χ1v) is 7.36. The summed E-state index contributed by atoms with van der Waals surface area (Å²) in [4.78, 5) is 2.50. The monoisotopic (exact) mass is 279 g/mol. The van der Waals surface area contributed by atoms with E-state index in [0.717, 1.165) is 18.8 Å². The summed E-state index contributed by atoms with van der Waals surface area (Å²) in [5, 5.41) is 0. The second kappa shape index (κ2) is 6.15. The van der Waals surface area contributed by atoms with Crippen LogP contribution in [0.2, 0.25) is 0 Å². The Bertz CT molecular complexity index is 591. The molecule has 1 heterocycles. The number of hydrogen-bond donors (Lipinski definition) is 0. The van der Waals surface area contributed by atoms with Crippen LogP contribution < -0.4 is 4.74 Å². The molecule has 2 atom stereocenters. The topological polar surface area (TPSA) is 12.5 Å². The molecule has 0 unspecified atom stereocenters. The third-order valence-corrected chi connectivity index (χ3v) is 4.23. The summed E-state index contributed by atoms with van der Waals surface area (Å²) >= 11 is 0. The number of nitrogens with zero attached hydrogens (tertiary/aromatic N) is 1. The molecule has 0 saturated carbocycles. The SMILES string of the molecule is C=C[C@H]1CN(Cc2ccccc2)[C@@H]1c1ccc(OC)cc1. The van der Waals surface area contributed by atoms with Crippen LogP contribution in [0.1, 0.15) is 17.2 Å².